The number of piperazine rings is 1. The largest absolute Gasteiger partial charge is 0.304 e. The fraction of sp³-hybridized carbons (Fsp3) is 0.684. The van der Waals surface area contributed by atoms with Crippen LogP contribution in [0.2, 0.25) is 0 Å². The molecule has 2 fully saturated rings. The highest BCUT2D eigenvalue weighted by atomic mass is 15.2. The lowest BCUT2D eigenvalue weighted by molar-refractivity contribution is 0.0518. The fourth-order valence-electron chi connectivity index (χ4n) is 3.80. The third kappa shape index (κ3) is 4.31. The summed E-state index contributed by atoms with van der Waals surface area (Å²) < 4.78 is 0. The van der Waals surface area contributed by atoms with E-state index < -0.39 is 0 Å². The zero-order valence-corrected chi connectivity index (χ0v) is 14.3. The molecular formula is C19H31N3. The highest BCUT2D eigenvalue weighted by Gasteiger charge is 2.32. The van der Waals surface area contributed by atoms with Gasteiger partial charge in [-0.3, -0.25) is 4.90 Å². The van der Waals surface area contributed by atoms with Gasteiger partial charge in [-0.25, -0.2) is 0 Å². The van der Waals surface area contributed by atoms with E-state index in [1.54, 1.807) is 0 Å². The van der Waals surface area contributed by atoms with Gasteiger partial charge in [-0.15, -0.1) is 0 Å². The van der Waals surface area contributed by atoms with E-state index in [9.17, 15) is 0 Å². The number of nitrogens with zero attached hydrogens (tertiary/aromatic N) is 3. The number of hydrogen-bond acceptors (Lipinski definition) is 3. The lowest BCUT2D eigenvalue weighted by atomic mass is 9.79. The van der Waals surface area contributed by atoms with Crippen molar-refractivity contribution in [2.45, 2.75) is 26.3 Å². The summed E-state index contributed by atoms with van der Waals surface area (Å²) in [6, 6.07) is 10.9. The van der Waals surface area contributed by atoms with E-state index >= 15 is 0 Å². The number of rotatable bonds is 4. The summed E-state index contributed by atoms with van der Waals surface area (Å²) in [4.78, 5) is 7.76. The molecule has 2 saturated heterocycles. The van der Waals surface area contributed by atoms with E-state index in [4.69, 9.17) is 0 Å². The van der Waals surface area contributed by atoms with Crippen molar-refractivity contribution in [1.82, 2.24) is 14.7 Å². The van der Waals surface area contributed by atoms with Gasteiger partial charge in [-0.1, -0.05) is 37.3 Å². The number of likely N-dealkylation sites (tertiary alicyclic amines) is 1. The monoisotopic (exact) mass is 301 g/mol. The first kappa shape index (κ1) is 16.0. The van der Waals surface area contributed by atoms with Gasteiger partial charge in [-0.05, 0) is 44.0 Å². The third-order valence-electron chi connectivity index (χ3n) is 5.51. The van der Waals surface area contributed by atoms with Crippen LogP contribution in [0.3, 0.4) is 0 Å². The first-order valence-electron chi connectivity index (χ1n) is 8.80. The molecule has 1 aromatic rings. The molecule has 0 bridgehead atoms. The van der Waals surface area contributed by atoms with Gasteiger partial charge >= 0.3 is 0 Å². The van der Waals surface area contributed by atoms with Crippen LogP contribution in [-0.2, 0) is 6.54 Å². The Labute approximate surface area is 135 Å². The van der Waals surface area contributed by atoms with Crippen LogP contribution >= 0.6 is 0 Å². The Morgan fingerprint density at radius 3 is 2.14 bits per heavy atom. The van der Waals surface area contributed by atoms with E-state index in [0.29, 0.717) is 5.41 Å². The average Bonchev–Trinajstić information content (AvgIpc) is 2.53. The van der Waals surface area contributed by atoms with E-state index in [-0.39, 0.29) is 0 Å². The highest BCUT2D eigenvalue weighted by Crippen LogP contribution is 2.32. The van der Waals surface area contributed by atoms with E-state index in [2.05, 4.69) is 59.0 Å². The number of hydrogen-bond donors (Lipinski definition) is 0. The first-order valence-corrected chi connectivity index (χ1v) is 8.80. The van der Waals surface area contributed by atoms with Gasteiger partial charge in [0.15, 0.2) is 0 Å². The van der Waals surface area contributed by atoms with E-state index in [1.165, 1.54) is 64.2 Å². The molecule has 0 N–H and O–H groups in total. The van der Waals surface area contributed by atoms with Crippen molar-refractivity contribution < 1.29 is 0 Å². The summed E-state index contributed by atoms with van der Waals surface area (Å²) in [6.07, 6.45) is 2.68. The molecule has 2 heterocycles. The second kappa shape index (κ2) is 7.12. The summed E-state index contributed by atoms with van der Waals surface area (Å²) in [7, 11) is 2.24. The summed E-state index contributed by atoms with van der Waals surface area (Å²) in [5.41, 5.74) is 1.97. The molecule has 0 saturated carbocycles. The molecule has 0 aromatic heterocycles. The maximum Gasteiger partial charge on any atom is 0.0233 e. The average molecular weight is 301 g/mol. The summed E-state index contributed by atoms with van der Waals surface area (Å²) >= 11 is 0. The molecule has 0 amide bonds. The van der Waals surface area contributed by atoms with Crippen molar-refractivity contribution in [2.75, 3.05) is 52.9 Å². The van der Waals surface area contributed by atoms with Gasteiger partial charge in [0, 0.05) is 39.3 Å². The normalized spacial score (nSPS) is 24.5. The van der Waals surface area contributed by atoms with Crippen LogP contribution in [0.4, 0.5) is 0 Å². The maximum atomic E-state index is 2.69. The Bertz CT molecular complexity index is 443. The molecule has 2 aliphatic heterocycles. The number of benzene rings is 1. The van der Waals surface area contributed by atoms with Crippen LogP contribution in [0, 0.1) is 5.41 Å². The number of piperidine rings is 1. The van der Waals surface area contributed by atoms with Crippen molar-refractivity contribution in [3.63, 3.8) is 0 Å². The Kier molecular flexibility index (Phi) is 5.17. The second-order valence-corrected chi connectivity index (χ2v) is 7.65. The maximum absolute atomic E-state index is 2.69. The van der Waals surface area contributed by atoms with Crippen LogP contribution in [0.15, 0.2) is 30.3 Å². The van der Waals surface area contributed by atoms with Crippen LogP contribution in [0.25, 0.3) is 0 Å². The van der Waals surface area contributed by atoms with Crippen molar-refractivity contribution in [3.05, 3.63) is 35.9 Å². The lowest BCUT2D eigenvalue weighted by Crippen LogP contribution is -2.50. The molecule has 0 unspecified atom stereocenters. The van der Waals surface area contributed by atoms with Crippen LogP contribution in [0.1, 0.15) is 25.3 Å². The molecule has 22 heavy (non-hydrogen) atoms. The predicted octanol–water partition coefficient (Wildman–Crippen LogP) is 2.54. The lowest BCUT2D eigenvalue weighted by Gasteiger charge is -2.44. The Hall–Kier alpha value is -0.900. The molecule has 0 aliphatic carbocycles. The quantitative estimate of drug-likeness (QED) is 0.846. The molecule has 3 nitrogen and oxygen atoms in total. The molecule has 122 valence electrons. The Morgan fingerprint density at radius 2 is 1.50 bits per heavy atom. The zero-order chi connectivity index (χ0) is 15.4. The topological polar surface area (TPSA) is 9.72 Å². The predicted molar refractivity (Wildman–Crippen MR) is 93.0 cm³/mol. The van der Waals surface area contributed by atoms with Gasteiger partial charge < -0.3 is 9.80 Å². The minimum absolute atomic E-state index is 0.517. The summed E-state index contributed by atoms with van der Waals surface area (Å²) in [5.74, 6) is 0. The summed E-state index contributed by atoms with van der Waals surface area (Å²) in [5, 5.41) is 0. The first-order chi connectivity index (χ1) is 10.6. The standard InChI is InChI=1S/C19H31N3/c1-19(17-22-14-12-20(2)13-15-22)8-10-21(11-9-19)16-18-6-4-3-5-7-18/h3-7H,8-17H2,1-2H3. The Morgan fingerprint density at radius 1 is 0.864 bits per heavy atom. The Balaban J connectivity index is 1.46. The smallest absolute Gasteiger partial charge is 0.0233 e. The third-order valence-corrected chi connectivity index (χ3v) is 5.51. The summed E-state index contributed by atoms with van der Waals surface area (Å²) in [6.45, 7) is 12.4. The highest BCUT2D eigenvalue weighted by molar-refractivity contribution is 5.14. The van der Waals surface area contributed by atoms with Crippen LogP contribution in [-0.4, -0.2) is 67.6 Å². The van der Waals surface area contributed by atoms with E-state index in [0.717, 1.165) is 6.54 Å². The minimum Gasteiger partial charge on any atom is -0.304 e. The van der Waals surface area contributed by atoms with E-state index in [1.807, 2.05) is 0 Å². The van der Waals surface area contributed by atoms with Crippen molar-refractivity contribution in [3.8, 4) is 0 Å². The minimum atomic E-state index is 0.517. The molecule has 2 aliphatic rings. The number of likely N-dealkylation sites (N-methyl/N-ethyl adjacent to an activating group) is 1. The molecule has 0 atom stereocenters. The van der Waals surface area contributed by atoms with Crippen molar-refractivity contribution in [1.29, 1.82) is 0 Å². The van der Waals surface area contributed by atoms with Crippen molar-refractivity contribution >= 4 is 0 Å². The molecule has 0 radical (unpaired) electrons. The molecule has 1 aromatic carbocycles. The van der Waals surface area contributed by atoms with Gasteiger partial charge in [0.05, 0.1) is 0 Å². The molecule has 3 rings (SSSR count). The zero-order valence-electron chi connectivity index (χ0n) is 14.3. The molecular weight excluding hydrogens is 270 g/mol. The van der Waals surface area contributed by atoms with Crippen molar-refractivity contribution in [2.24, 2.45) is 5.41 Å². The fourth-order valence-corrected chi connectivity index (χ4v) is 3.80. The van der Waals surface area contributed by atoms with Crippen LogP contribution in [0.5, 0.6) is 0 Å². The molecule has 3 heteroatoms. The SMILES string of the molecule is CN1CCN(CC2(C)CCN(Cc3ccccc3)CC2)CC1. The van der Waals surface area contributed by atoms with Gasteiger partial charge in [0.1, 0.15) is 0 Å². The van der Waals surface area contributed by atoms with Crippen LogP contribution < -0.4 is 0 Å². The molecule has 0 spiro atoms. The van der Waals surface area contributed by atoms with Gasteiger partial charge in [0.2, 0.25) is 0 Å². The second-order valence-electron chi connectivity index (χ2n) is 7.65. The van der Waals surface area contributed by atoms with Gasteiger partial charge in [0.25, 0.3) is 0 Å². The van der Waals surface area contributed by atoms with Gasteiger partial charge in [-0.2, -0.15) is 0 Å².